The topological polar surface area (TPSA) is 0 Å². The molecule has 0 heterocycles. The van der Waals surface area contributed by atoms with Crippen LogP contribution in [-0.2, 0) is 5.41 Å². The summed E-state index contributed by atoms with van der Waals surface area (Å²) in [6.45, 7) is 0. The Morgan fingerprint density at radius 2 is 0.565 bits per heavy atom. The van der Waals surface area contributed by atoms with E-state index in [0.29, 0.717) is 0 Å². The molecular weight excluding hydrogens is 829 g/mol. The molecule has 0 fully saturated rings. The van der Waals surface area contributed by atoms with Crippen molar-refractivity contribution in [2.75, 3.05) is 0 Å². The van der Waals surface area contributed by atoms with E-state index in [9.17, 15) is 0 Å². The predicted molar refractivity (Wildman–Crippen MR) is 294 cm³/mol. The average molecular weight is 869 g/mol. The Labute approximate surface area is 399 Å². The highest BCUT2D eigenvalue weighted by Gasteiger charge is 2.54. The van der Waals surface area contributed by atoms with Gasteiger partial charge in [-0.1, -0.05) is 231 Å². The van der Waals surface area contributed by atoms with Crippen LogP contribution in [0.4, 0.5) is 0 Å². The molecular formula is C69H40. The molecule has 0 amide bonds. The number of rotatable bonds is 2. The third-order valence-corrected chi connectivity index (χ3v) is 16.2. The maximum Gasteiger partial charge on any atom is 0.0738 e. The molecule has 0 aliphatic heterocycles. The summed E-state index contributed by atoms with van der Waals surface area (Å²) in [4.78, 5) is 0. The summed E-state index contributed by atoms with van der Waals surface area (Å²) in [5, 5.41) is 20.5. The largest absolute Gasteiger partial charge is 0.0738 e. The summed E-state index contributed by atoms with van der Waals surface area (Å²) in [7, 11) is 0. The van der Waals surface area contributed by atoms with Crippen molar-refractivity contribution in [2.45, 2.75) is 5.41 Å². The highest BCUT2D eigenvalue weighted by molar-refractivity contribution is 6.30. The van der Waals surface area contributed by atoms with Gasteiger partial charge in [0.15, 0.2) is 0 Å². The van der Waals surface area contributed by atoms with Gasteiger partial charge in [-0.05, 0) is 165 Å². The van der Waals surface area contributed by atoms with E-state index in [1.807, 2.05) is 0 Å². The Balaban J connectivity index is 1.06. The summed E-state index contributed by atoms with van der Waals surface area (Å²) < 4.78 is 0. The van der Waals surface area contributed by atoms with Crippen molar-refractivity contribution in [1.29, 1.82) is 0 Å². The van der Waals surface area contributed by atoms with Gasteiger partial charge in [0, 0.05) is 0 Å². The standard InChI is InChI=1S/C69H40/c1-2-20-43-41(19-1)39-60(47-24-4-3-21-44(43)47)64-55-32-12-10-30-53(55)63(54-31-11-13-33-56(54)64)42-37-38-58-59(40-42)48-25-6-9-29-52(48)66-65-51-28-8-5-22-45(51)46-23-7-14-34-57(46)67(65)69(68(58)66)61-35-17-15-26-49(61)50-27-16-18-36-62(50)69/h1-40H. The molecule has 69 heavy (non-hydrogen) atoms. The van der Waals surface area contributed by atoms with E-state index in [1.165, 1.54) is 153 Å². The van der Waals surface area contributed by atoms with Gasteiger partial charge in [-0.3, -0.25) is 0 Å². The van der Waals surface area contributed by atoms with E-state index in [2.05, 4.69) is 243 Å². The van der Waals surface area contributed by atoms with Crippen molar-refractivity contribution in [3.63, 3.8) is 0 Å². The van der Waals surface area contributed by atoms with E-state index < -0.39 is 5.41 Å². The van der Waals surface area contributed by atoms with Crippen molar-refractivity contribution in [2.24, 2.45) is 0 Å². The van der Waals surface area contributed by atoms with Crippen LogP contribution in [0.5, 0.6) is 0 Å². The lowest BCUT2D eigenvalue weighted by molar-refractivity contribution is 0.810. The first-order valence-electron chi connectivity index (χ1n) is 24.3. The lowest BCUT2D eigenvalue weighted by Gasteiger charge is -2.33. The van der Waals surface area contributed by atoms with Crippen molar-refractivity contribution < 1.29 is 0 Å². The average Bonchev–Trinajstić information content (AvgIpc) is 3.91. The number of hydrogen-bond donors (Lipinski definition) is 0. The zero-order valence-electron chi connectivity index (χ0n) is 37.6. The van der Waals surface area contributed by atoms with Crippen LogP contribution in [0.1, 0.15) is 22.3 Å². The second kappa shape index (κ2) is 13.6. The van der Waals surface area contributed by atoms with Crippen molar-refractivity contribution in [3.05, 3.63) is 265 Å². The van der Waals surface area contributed by atoms with Crippen molar-refractivity contribution in [3.8, 4) is 44.5 Å². The first-order chi connectivity index (χ1) is 34.3. The van der Waals surface area contributed by atoms with Gasteiger partial charge in [0.25, 0.3) is 0 Å². The first-order valence-corrected chi connectivity index (χ1v) is 24.3. The normalized spacial score (nSPS) is 13.3. The maximum atomic E-state index is 2.54. The molecule has 2 aliphatic carbocycles. The van der Waals surface area contributed by atoms with Crippen LogP contribution in [-0.4, -0.2) is 0 Å². The zero-order chi connectivity index (χ0) is 45.0. The number of hydrogen-bond acceptors (Lipinski definition) is 0. The molecule has 0 aromatic heterocycles. The minimum atomic E-state index is -0.561. The number of fused-ring (bicyclic) bond motifs is 25. The Bertz CT molecular complexity index is 4500. The molecule has 14 aromatic rings. The molecule has 0 saturated heterocycles. The molecule has 0 bridgehead atoms. The minimum Gasteiger partial charge on any atom is -0.0619 e. The van der Waals surface area contributed by atoms with Gasteiger partial charge < -0.3 is 0 Å². The molecule has 0 N–H and O–H groups in total. The van der Waals surface area contributed by atoms with Crippen molar-refractivity contribution >= 4 is 86.2 Å². The van der Waals surface area contributed by atoms with E-state index in [-0.39, 0.29) is 0 Å². The molecule has 16 rings (SSSR count). The third kappa shape index (κ3) is 4.68. The lowest BCUT2D eigenvalue weighted by atomic mass is 9.67. The molecule has 0 unspecified atom stereocenters. The smallest absolute Gasteiger partial charge is 0.0619 e. The predicted octanol–water partition coefficient (Wildman–Crippen LogP) is 18.6. The van der Waals surface area contributed by atoms with E-state index in [0.717, 1.165) is 0 Å². The van der Waals surface area contributed by atoms with Gasteiger partial charge in [0.1, 0.15) is 0 Å². The van der Waals surface area contributed by atoms with Crippen LogP contribution in [0, 0.1) is 0 Å². The lowest BCUT2D eigenvalue weighted by Crippen LogP contribution is -2.26. The molecule has 2 aliphatic rings. The molecule has 0 radical (unpaired) electrons. The second-order valence-electron chi connectivity index (χ2n) is 19.3. The van der Waals surface area contributed by atoms with Crippen LogP contribution in [0.3, 0.4) is 0 Å². The molecule has 0 atom stereocenters. The third-order valence-electron chi connectivity index (χ3n) is 16.2. The first kappa shape index (κ1) is 37.3. The van der Waals surface area contributed by atoms with Gasteiger partial charge in [-0.15, -0.1) is 0 Å². The molecule has 14 aromatic carbocycles. The molecule has 0 heteroatoms. The quantitative estimate of drug-likeness (QED) is 0.120. The van der Waals surface area contributed by atoms with Crippen LogP contribution in [0.25, 0.3) is 131 Å². The summed E-state index contributed by atoms with van der Waals surface area (Å²) in [6, 6.07) is 92.0. The highest BCUT2D eigenvalue weighted by atomic mass is 14.5. The fourth-order valence-electron chi connectivity index (χ4n) is 13.7. The van der Waals surface area contributed by atoms with Crippen molar-refractivity contribution in [1.82, 2.24) is 0 Å². The summed E-state index contributed by atoms with van der Waals surface area (Å²) >= 11 is 0. The van der Waals surface area contributed by atoms with Crippen LogP contribution >= 0.6 is 0 Å². The highest BCUT2D eigenvalue weighted by Crippen LogP contribution is 2.68. The van der Waals surface area contributed by atoms with E-state index in [1.54, 1.807) is 0 Å². The monoisotopic (exact) mass is 868 g/mol. The fraction of sp³-hybridized carbons (Fsp3) is 0.0145. The van der Waals surface area contributed by atoms with Gasteiger partial charge in [-0.2, -0.15) is 0 Å². The van der Waals surface area contributed by atoms with Crippen LogP contribution in [0.2, 0.25) is 0 Å². The van der Waals surface area contributed by atoms with Gasteiger partial charge in [0.2, 0.25) is 0 Å². The number of benzene rings is 14. The summed E-state index contributed by atoms with van der Waals surface area (Å²) in [5.74, 6) is 0. The van der Waals surface area contributed by atoms with Gasteiger partial charge in [0.05, 0.1) is 5.41 Å². The Morgan fingerprint density at radius 3 is 1.12 bits per heavy atom. The van der Waals surface area contributed by atoms with Gasteiger partial charge >= 0.3 is 0 Å². The molecule has 0 saturated carbocycles. The molecule has 1 spiro atoms. The van der Waals surface area contributed by atoms with Crippen LogP contribution < -0.4 is 0 Å². The summed E-state index contributed by atoms with van der Waals surface area (Å²) in [5.41, 5.74) is 15.4. The molecule has 316 valence electrons. The molecule has 0 nitrogen and oxygen atoms in total. The summed E-state index contributed by atoms with van der Waals surface area (Å²) in [6.07, 6.45) is 0. The van der Waals surface area contributed by atoms with Crippen LogP contribution in [0.15, 0.2) is 243 Å². The Kier molecular flexibility index (Phi) is 7.36. The Morgan fingerprint density at radius 1 is 0.203 bits per heavy atom. The SMILES string of the molecule is c1ccc2c(c1)-c1ccccc1C21c2c(c3ccccc3c3ccccc23)-c2c1c1ccc(-c3c4ccccc4c(-c4cc5ccccc5c5ccccc45)c4ccccc34)cc1c1ccccc21. The van der Waals surface area contributed by atoms with Gasteiger partial charge in [-0.25, -0.2) is 0 Å². The second-order valence-corrected chi connectivity index (χ2v) is 19.3. The zero-order valence-corrected chi connectivity index (χ0v) is 37.6. The van der Waals surface area contributed by atoms with E-state index >= 15 is 0 Å². The maximum absolute atomic E-state index is 2.54. The Hall–Kier alpha value is -8.84. The minimum absolute atomic E-state index is 0.561. The fourth-order valence-corrected chi connectivity index (χ4v) is 13.7. The van der Waals surface area contributed by atoms with E-state index in [4.69, 9.17) is 0 Å².